The Labute approximate surface area is 182 Å². The van der Waals surface area contributed by atoms with Crippen molar-refractivity contribution < 1.29 is 9.59 Å². The van der Waals surface area contributed by atoms with Crippen molar-refractivity contribution in [2.75, 3.05) is 18.4 Å². The van der Waals surface area contributed by atoms with Crippen LogP contribution in [0, 0.1) is 18.8 Å². The molecule has 3 amide bonds. The van der Waals surface area contributed by atoms with Crippen LogP contribution < -0.4 is 16.2 Å². The molecule has 164 valence electrons. The summed E-state index contributed by atoms with van der Waals surface area (Å²) in [6.45, 7) is 7.60. The number of benzene rings is 1. The van der Waals surface area contributed by atoms with E-state index in [2.05, 4.69) is 10.6 Å². The number of hydrogen-bond donors (Lipinski definition) is 2. The van der Waals surface area contributed by atoms with Crippen LogP contribution in [0.25, 0.3) is 0 Å². The maximum Gasteiger partial charge on any atom is 0.318 e. The molecule has 0 radical (unpaired) electrons. The van der Waals surface area contributed by atoms with Gasteiger partial charge in [0, 0.05) is 43.0 Å². The molecule has 1 saturated heterocycles. The van der Waals surface area contributed by atoms with E-state index in [0.717, 1.165) is 23.4 Å². The van der Waals surface area contributed by atoms with Gasteiger partial charge in [-0.1, -0.05) is 32.0 Å². The van der Waals surface area contributed by atoms with Crippen LogP contribution in [0.15, 0.2) is 47.3 Å². The molecular weight excluding hydrogens is 392 g/mol. The minimum Gasteiger partial charge on any atom is -0.326 e. The van der Waals surface area contributed by atoms with E-state index in [1.807, 2.05) is 55.7 Å². The van der Waals surface area contributed by atoms with Gasteiger partial charge in [0.25, 0.3) is 5.56 Å². The van der Waals surface area contributed by atoms with Crippen LogP contribution in [0.4, 0.5) is 10.5 Å². The molecule has 7 heteroatoms. The second-order valence-corrected chi connectivity index (χ2v) is 9.13. The van der Waals surface area contributed by atoms with E-state index in [4.69, 9.17) is 0 Å². The highest BCUT2D eigenvalue weighted by Crippen LogP contribution is 2.34. The number of carbonyl (C=O) groups excluding carboxylic acids is 2. The second kappa shape index (κ2) is 8.57. The van der Waals surface area contributed by atoms with Gasteiger partial charge in [-0.15, -0.1) is 0 Å². The van der Waals surface area contributed by atoms with Crippen LogP contribution in [0.5, 0.6) is 0 Å². The number of urea groups is 1. The van der Waals surface area contributed by atoms with Gasteiger partial charge in [-0.25, -0.2) is 4.79 Å². The molecule has 0 saturated carbocycles. The first-order chi connectivity index (χ1) is 14.8. The number of nitrogens with one attached hydrogen (secondary N) is 2. The SMILES string of the molecule is Cc1cccc(NC(=O)[C@@H](NC(=O)N2C[C@H]3C[C@H](C2)c2cccc(=O)n2C3)C(C)C)c1. The van der Waals surface area contributed by atoms with E-state index >= 15 is 0 Å². The normalized spacial score (nSPS) is 20.7. The van der Waals surface area contributed by atoms with Crippen molar-refractivity contribution in [1.82, 2.24) is 14.8 Å². The highest BCUT2D eigenvalue weighted by atomic mass is 16.2. The summed E-state index contributed by atoms with van der Waals surface area (Å²) in [6.07, 6.45) is 0.981. The number of nitrogens with zero attached hydrogens (tertiary/aromatic N) is 2. The Morgan fingerprint density at radius 1 is 1.06 bits per heavy atom. The Hall–Kier alpha value is -3.09. The van der Waals surface area contributed by atoms with Crippen LogP contribution >= 0.6 is 0 Å². The van der Waals surface area contributed by atoms with E-state index in [0.29, 0.717) is 19.6 Å². The van der Waals surface area contributed by atoms with E-state index in [-0.39, 0.29) is 35.3 Å². The van der Waals surface area contributed by atoms with Crippen molar-refractivity contribution in [3.8, 4) is 0 Å². The number of aromatic nitrogens is 1. The molecule has 0 aliphatic carbocycles. The number of fused-ring (bicyclic) bond motifs is 4. The third-order valence-corrected chi connectivity index (χ3v) is 6.28. The molecule has 2 aromatic rings. The molecule has 31 heavy (non-hydrogen) atoms. The first-order valence-corrected chi connectivity index (χ1v) is 10.9. The third kappa shape index (κ3) is 4.50. The zero-order valence-electron chi connectivity index (χ0n) is 18.3. The van der Waals surface area contributed by atoms with Crippen molar-refractivity contribution in [2.24, 2.45) is 11.8 Å². The molecule has 4 rings (SSSR count). The van der Waals surface area contributed by atoms with Crippen LogP contribution in [0.2, 0.25) is 0 Å². The molecule has 2 N–H and O–H groups in total. The van der Waals surface area contributed by atoms with Crippen molar-refractivity contribution >= 4 is 17.6 Å². The number of pyridine rings is 1. The lowest BCUT2D eigenvalue weighted by molar-refractivity contribution is -0.118. The first-order valence-electron chi connectivity index (χ1n) is 10.9. The fourth-order valence-electron chi connectivity index (χ4n) is 4.76. The summed E-state index contributed by atoms with van der Waals surface area (Å²) in [7, 11) is 0. The smallest absolute Gasteiger partial charge is 0.318 e. The summed E-state index contributed by atoms with van der Waals surface area (Å²) in [5, 5.41) is 5.87. The zero-order valence-corrected chi connectivity index (χ0v) is 18.3. The molecule has 3 heterocycles. The number of piperidine rings is 1. The van der Waals surface area contributed by atoms with E-state index in [1.54, 1.807) is 17.0 Å². The summed E-state index contributed by atoms with van der Waals surface area (Å²) >= 11 is 0. The fraction of sp³-hybridized carbons (Fsp3) is 0.458. The number of likely N-dealkylation sites (tertiary alicyclic amines) is 1. The minimum absolute atomic E-state index is 0.0257. The Morgan fingerprint density at radius 2 is 1.84 bits per heavy atom. The topological polar surface area (TPSA) is 83.4 Å². The standard InChI is InChI=1S/C24H30N4O3/c1-15(2)22(23(30)25-19-7-4-6-16(3)10-19)26-24(31)27-12-17-11-18(14-27)20-8-5-9-21(29)28(20)13-17/h4-10,15,17-18,22H,11-14H2,1-3H3,(H,25,30)(H,26,31)/t17-,18-,22+/m1/s1. The van der Waals surface area contributed by atoms with Crippen molar-refractivity contribution in [2.45, 2.75) is 45.7 Å². The largest absolute Gasteiger partial charge is 0.326 e. The monoisotopic (exact) mass is 422 g/mol. The summed E-state index contributed by atoms with van der Waals surface area (Å²) in [4.78, 5) is 40.0. The number of carbonyl (C=O) groups is 2. The first kappa shape index (κ1) is 21.2. The lowest BCUT2D eigenvalue weighted by Gasteiger charge is -2.43. The lowest BCUT2D eigenvalue weighted by Crippen LogP contribution is -2.56. The van der Waals surface area contributed by atoms with Gasteiger partial charge < -0.3 is 20.1 Å². The Morgan fingerprint density at radius 3 is 2.58 bits per heavy atom. The molecule has 0 unspecified atom stereocenters. The van der Waals surface area contributed by atoms with E-state index in [1.165, 1.54) is 0 Å². The second-order valence-electron chi connectivity index (χ2n) is 9.13. The Balaban J connectivity index is 1.45. The van der Waals surface area contributed by atoms with Gasteiger partial charge in [0.2, 0.25) is 5.91 Å². The number of aryl methyl sites for hydroxylation is 1. The minimum atomic E-state index is -0.635. The molecule has 1 aromatic carbocycles. The lowest BCUT2D eigenvalue weighted by atomic mass is 9.83. The average molecular weight is 423 g/mol. The number of hydrogen-bond acceptors (Lipinski definition) is 3. The number of rotatable bonds is 4. The predicted octanol–water partition coefficient (Wildman–Crippen LogP) is 2.95. The van der Waals surface area contributed by atoms with Gasteiger partial charge in [0.1, 0.15) is 6.04 Å². The van der Waals surface area contributed by atoms with E-state index in [9.17, 15) is 14.4 Å². The molecule has 3 atom stereocenters. The van der Waals surface area contributed by atoms with Crippen LogP contribution in [-0.2, 0) is 11.3 Å². The van der Waals surface area contributed by atoms with Crippen molar-refractivity contribution in [1.29, 1.82) is 0 Å². The molecule has 2 aliphatic heterocycles. The predicted molar refractivity (Wildman–Crippen MR) is 120 cm³/mol. The number of anilines is 1. The molecule has 1 fully saturated rings. The van der Waals surface area contributed by atoms with Crippen molar-refractivity contribution in [3.05, 3.63) is 64.1 Å². The molecule has 2 aliphatic rings. The van der Waals surface area contributed by atoms with Gasteiger partial charge in [0.15, 0.2) is 0 Å². The fourth-order valence-corrected chi connectivity index (χ4v) is 4.76. The number of amides is 3. The van der Waals surface area contributed by atoms with Gasteiger partial charge >= 0.3 is 6.03 Å². The van der Waals surface area contributed by atoms with Gasteiger partial charge in [-0.2, -0.15) is 0 Å². The molecule has 7 nitrogen and oxygen atoms in total. The zero-order chi connectivity index (χ0) is 22.1. The highest BCUT2D eigenvalue weighted by molar-refractivity contribution is 5.97. The van der Waals surface area contributed by atoms with Crippen LogP contribution in [0.3, 0.4) is 0 Å². The average Bonchev–Trinajstić information content (AvgIpc) is 2.72. The Bertz CT molecular complexity index is 1050. The maximum atomic E-state index is 13.1. The molecular formula is C24H30N4O3. The third-order valence-electron chi connectivity index (χ3n) is 6.28. The van der Waals surface area contributed by atoms with Gasteiger partial charge in [0.05, 0.1) is 0 Å². The summed E-state index contributed by atoms with van der Waals surface area (Å²) < 4.78 is 1.85. The highest BCUT2D eigenvalue weighted by Gasteiger charge is 2.37. The van der Waals surface area contributed by atoms with Crippen LogP contribution in [-0.4, -0.2) is 40.5 Å². The summed E-state index contributed by atoms with van der Waals surface area (Å²) in [5.74, 6) is 0.113. The molecule has 1 aromatic heterocycles. The quantitative estimate of drug-likeness (QED) is 0.795. The van der Waals surface area contributed by atoms with Gasteiger partial charge in [-0.3, -0.25) is 9.59 Å². The summed E-state index contributed by atoms with van der Waals surface area (Å²) in [6, 6.07) is 12.1. The van der Waals surface area contributed by atoms with Crippen molar-refractivity contribution in [3.63, 3.8) is 0 Å². The van der Waals surface area contributed by atoms with Gasteiger partial charge in [-0.05, 0) is 48.9 Å². The molecule has 2 bridgehead atoms. The van der Waals surface area contributed by atoms with Crippen LogP contribution in [0.1, 0.15) is 37.4 Å². The maximum absolute atomic E-state index is 13.1. The summed E-state index contributed by atoms with van der Waals surface area (Å²) in [5.41, 5.74) is 2.80. The molecule has 0 spiro atoms. The Kier molecular flexibility index (Phi) is 5.85. The van der Waals surface area contributed by atoms with E-state index < -0.39 is 6.04 Å².